The van der Waals surface area contributed by atoms with Gasteiger partial charge in [-0.15, -0.1) is 0 Å². The second kappa shape index (κ2) is 7.67. The first-order chi connectivity index (χ1) is 8.17. The number of methoxy groups -OCH3 is 1. The zero-order valence-electron chi connectivity index (χ0n) is 11.1. The highest BCUT2D eigenvalue weighted by atomic mass is 16.5. The number of ether oxygens (including phenoxy) is 1. The Morgan fingerprint density at radius 1 is 1.53 bits per heavy atom. The van der Waals surface area contributed by atoms with Gasteiger partial charge in [0, 0.05) is 19.6 Å². The molecular weight excluding hydrogens is 216 g/mol. The molecule has 3 atom stereocenters. The molecule has 0 aromatic carbocycles. The summed E-state index contributed by atoms with van der Waals surface area (Å²) in [4.78, 5) is 12.0. The Kier molecular flexibility index (Phi) is 6.52. The summed E-state index contributed by atoms with van der Waals surface area (Å²) in [6.07, 6.45) is 4.29. The molecule has 17 heavy (non-hydrogen) atoms. The first-order valence-corrected chi connectivity index (χ1v) is 6.64. The number of carbonyl (C=O) groups is 1. The van der Waals surface area contributed by atoms with Crippen LogP contribution in [0.1, 0.15) is 32.6 Å². The number of hydrogen-bond acceptors (Lipinski definition) is 3. The molecule has 1 amide bonds. The van der Waals surface area contributed by atoms with Gasteiger partial charge in [-0.1, -0.05) is 13.3 Å². The van der Waals surface area contributed by atoms with Crippen molar-refractivity contribution in [3.05, 3.63) is 0 Å². The fourth-order valence-corrected chi connectivity index (χ4v) is 2.51. The average molecular weight is 242 g/mol. The van der Waals surface area contributed by atoms with E-state index < -0.39 is 0 Å². The molecule has 1 rings (SSSR count). The summed E-state index contributed by atoms with van der Waals surface area (Å²) in [5, 5.41) is 3.02. The lowest BCUT2D eigenvalue weighted by atomic mass is 9.81. The number of nitrogens with one attached hydrogen (secondary N) is 1. The minimum atomic E-state index is 0.173. The highest BCUT2D eigenvalue weighted by molar-refractivity contribution is 5.78. The Hall–Kier alpha value is -0.610. The van der Waals surface area contributed by atoms with Crippen LogP contribution >= 0.6 is 0 Å². The van der Waals surface area contributed by atoms with E-state index in [2.05, 4.69) is 12.2 Å². The maximum absolute atomic E-state index is 12.0. The van der Waals surface area contributed by atoms with Gasteiger partial charge in [-0.25, -0.2) is 0 Å². The molecule has 100 valence electrons. The molecule has 1 aliphatic carbocycles. The molecule has 1 fully saturated rings. The van der Waals surface area contributed by atoms with E-state index in [1.54, 1.807) is 7.11 Å². The maximum Gasteiger partial charge on any atom is 0.223 e. The summed E-state index contributed by atoms with van der Waals surface area (Å²) in [6, 6.07) is 0. The van der Waals surface area contributed by atoms with Crippen LogP contribution < -0.4 is 11.1 Å². The highest BCUT2D eigenvalue weighted by Gasteiger charge is 2.26. The molecule has 0 bridgehead atoms. The third-order valence-electron chi connectivity index (χ3n) is 3.56. The molecule has 0 radical (unpaired) electrons. The van der Waals surface area contributed by atoms with E-state index in [0.717, 1.165) is 19.3 Å². The Morgan fingerprint density at radius 3 is 2.94 bits per heavy atom. The minimum Gasteiger partial charge on any atom is -0.384 e. The summed E-state index contributed by atoms with van der Waals surface area (Å²) >= 11 is 0. The zero-order chi connectivity index (χ0) is 12.7. The van der Waals surface area contributed by atoms with Crippen molar-refractivity contribution in [2.24, 2.45) is 23.5 Å². The molecule has 0 spiro atoms. The normalized spacial score (nSPS) is 26.5. The molecule has 0 aliphatic heterocycles. The lowest BCUT2D eigenvalue weighted by Crippen LogP contribution is -2.37. The molecular formula is C13H26N2O2. The van der Waals surface area contributed by atoms with E-state index in [1.807, 2.05) is 0 Å². The van der Waals surface area contributed by atoms with Gasteiger partial charge in [0.1, 0.15) is 0 Å². The van der Waals surface area contributed by atoms with E-state index in [4.69, 9.17) is 10.5 Å². The average Bonchev–Trinajstić information content (AvgIpc) is 2.36. The molecule has 3 N–H and O–H groups in total. The van der Waals surface area contributed by atoms with Crippen LogP contribution in [-0.4, -0.2) is 32.7 Å². The van der Waals surface area contributed by atoms with Crippen LogP contribution in [0.5, 0.6) is 0 Å². The summed E-state index contributed by atoms with van der Waals surface area (Å²) in [5.41, 5.74) is 5.68. The first kappa shape index (κ1) is 14.5. The third kappa shape index (κ3) is 5.04. The van der Waals surface area contributed by atoms with Crippen molar-refractivity contribution in [3.63, 3.8) is 0 Å². The van der Waals surface area contributed by atoms with Gasteiger partial charge in [0.05, 0.1) is 6.61 Å². The van der Waals surface area contributed by atoms with Gasteiger partial charge in [-0.2, -0.15) is 0 Å². The number of rotatable bonds is 6. The molecule has 0 heterocycles. The standard InChI is InChI=1S/C13H26N2O2/c1-10(9-17-2)8-15-13(16)12-5-3-4-11(6-12)7-14/h10-12H,3-9,14H2,1-2H3,(H,15,16). The van der Waals surface area contributed by atoms with Gasteiger partial charge in [0.15, 0.2) is 0 Å². The minimum absolute atomic E-state index is 0.173. The zero-order valence-corrected chi connectivity index (χ0v) is 11.1. The predicted molar refractivity (Wildman–Crippen MR) is 68.6 cm³/mol. The van der Waals surface area contributed by atoms with Gasteiger partial charge in [-0.3, -0.25) is 4.79 Å². The van der Waals surface area contributed by atoms with E-state index in [9.17, 15) is 4.79 Å². The fourth-order valence-electron chi connectivity index (χ4n) is 2.51. The van der Waals surface area contributed by atoms with Gasteiger partial charge >= 0.3 is 0 Å². The van der Waals surface area contributed by atoms with E-state index in [0.29, 0.717) is 31.5 Å². The largest absolute Gasteiger partial charge is 0.384 e. The van der Waals surface area contributed by atoms with Crippen LogP contribution in [0.15, 0.2) is 0 Å². The van der Waals surface area contributed by atoms with Crippen molar-refractivity contribution >= 4 is 5.91 Å². The molecule has 0 aromatic heterocycles. The Balaban J connectivity index is 2.27. The second-order valence-corrected chi connectivity index (χ2v) is 5.27. The molecule has 0 aromatic rings. The summed E-state index contributed by atoms with van der Waals surface area (Å²) in [5.74, 6) is 1.28. The van der Waals surface area contributed by atoms with Gasteiger partial charge in [-0.05, 0) is 37.6 Å². The quantitative estimate of drug-likeness (QED) is 0.734. The molecule has 0 saturated heterocycles. The van der Waals surface area contributed by atoms with Gasteiger partial charge < -0.3 is 15.8 Å². The van der Waals surface area contributed by atoms with Crippen LogP contribution in [0.2, 0.25) is 0 Å². The lowest BCUT2D eigenvalue weighted by molar-refractivity contribution is -0.126. The molecule has 4 heteroatoms. The van der Waals surface area contributed by atoms with Crippen molar-refractivity contribution in [1.82, 2.24) is 5.32 Å². The Morgan fingerprint density at radius 2 is 2.29 bits per heavy atom. The summed E-state index contributed by atoms with van der Waals surface area (Å²) in [6.45, 7) is 4.18. The fraction of sp³-hybridized carbons (Fsp3) is 0.923. The topological polar surface area (TPSA) is 64.3 Å². The van der Waals surface area contributed by atoms with E-state index in [1.165, 1.54) is 6.42 Å². The van der Waals surface area contributed by atoms with E-state index >= 15 is 0 Å². The number of amides is 1. The Labute approximate surface area is 104 Å². The first-order valence-electron chi connectivity index (χ1n) is 6.64. The Bertz CT molecular complexity index is 233. The van der Waals surface area contributed by atoms with Crippen molar-refractivity contribution < 1.29 is 9.53 Å². The molecule has 3 unspecified atom stereocenters. The second-order valence-electron chi connectivity index (χ2n) is 5.27. The number of nitrogens with two attached hydrogens (primary N) is 1. The van der Waals surface area contributed by atoms with Crippen molar-refractivity contribution in [2.75, 3.05) is 26.8 Å². The van der Waals surface area contributed by atoms with Gasteiger partial charge in [0.2, 0.25) is 5.91 Å². The molecule has 1 aliphatic rings. The van der Waals surface area contributed by atoms with Gasteiger partial charge in [0.25, 0.3) is 0 Å². The van der Waals surface area contributed by atoms with Crippen LogP contribution in [-0.2, 0) is 9.53 Å². The molecule has 1 saturated carbocycles. The SMILES string of the molecule is COCC(C)CNC(=O)C1CCCC(CN)C1. The maximum atomic E-state index is 12.0. The van der Waals surface area contributed by atoms with Crippen molar-refractivity contribution in [1.29, 1.82) is 0 Å². The lowest BCUT2D eigenvalue weighted by Gasteiger charge is -2.27. The molecule has 4 nitrogen and oxygen atoms in total. The number of hydrogen-bond donors (Lipinski definition) is 2. The van der Waals surface area contributed by atoms with Crippen molar-refractivity contribution in [2.45, 2.75) is 32.6 Å². The predicted octanol–water partition coefficient (Wildman–Crippen LogP) is 1.15. The van der Waals surface area contributed by atoms with E-state index in [-0.39, 0.29) is 11.8 Å². The highest BCUT2D eigenvalue weighted by Crippen LogP contribution is 2.28. The monoisotopic (exact) mass is 242 g/mol. The number of carbonyl (C=O) groups excluding carboxylic acids is 1. The summed E-state index contributed by atoms with van der Waals surface area (Å²) in [7, 11) is 1.69. The van der Waals surface area contributed by atoms with Crippen molar-refractivity contribution in [3.8, 4) is 0 Å². The summed E-state index contributed by atoms with van der Waals surface area (Å²) < 4.78 is 5.05. The third-order valence-corrected chi connectivity index (χ3v) is 3.56. The van der Waals surface area contributed by atoms with Crippen LogP contribution in [0.4, 0.5) is 0 Å². The van der Waals surface area contributed by atoms with Crippen LogP contribution in [0.3, 0.4) is 0 Å². The van der Waals surface area contributed by atoms with Crippen LogP contribution in [0, 0.1) is 17.8 Å². The van der Waals surface area contributed by atoms with Crippen LogP contribution in [0.25, 0.3) is 0 Å². The smallest absolute Gasteiger partial charge is 0.223 e.